The third-order valence-corrected chi connectivity index (χ3v) is 4.05. The quantitative estimate of drug-likeness (QED) is 0.803. The molecule has 0 saturated heterocycles. The summed E-state index contributed by atoms with van der Waals surface area (Å²) in [5.74, 6) is -0.266. The zero-order valence-corrected chi connectivity index (χ0v) is 9.38. The first-order valence-corrected chi connectivity index (χ1v) is 6.24. The normalized spacial score (nSPS) is 20.2. The average molecular weight is 219 g/mol. The van der Waals surface area contributed by atoms with Gasteiger partial charge < -0.3 is 10.1 Å². The Labute approximate surface area is 94.9 Å². The molecule has 3 heteroatoms. The molecule has 3 rings (SSSR count). The van der Waals surface area contributed by atoms with Gasteiger partial charge in [-0.1, -0.05) is 12.8 Å². The van der Waals surface area contributed by atoms with E-state index >= 15 is 0 Å². The number of aryl methyl sites for hydroxylation is 1. The zero-order valence-electron chi connectivity index (χ0n) is 9.38. The fourth-order valence-electron chi connectivity index (χ4n) is 3.31. The van der Waals surface area contributed by atoms with E-state index in [1.807, 2.05) is 0 Å². The summed E-state index contributed by atoms with van der Waals surface area (Å²) in [7, 11) is 0. The highest BCUT2D eigenvalue weighted by Gasteiger charge is 2.30. The van der Waals surface area contributed by atoms with Crippen molar-refractivity contribution in [1.82, 2.24) is 4.98 Å². The van der Waals surface area contributed by atoms with E-state index in [-0.39, 0.29) is 0 Å². The van der Waals surface area contributed by atoms with Gasteiger partial charge in [-0.15, -0.1) is 0 Å². The largest absolute Gasteiger partial charge is 0.478 e. The molecule has 0 aliphatic heterocycles. The first-order chi connectivity index (χ1) is 7.77. The van der Waals surface area contributed by atoms with Gasteiger partial charge in [-0.05, 0) is 43.6 Å². The zero-order chi connectivity index (χ0) is 11.1. The molecule has 1 aromatic rings. The van der Waals surface area contributed by atoms with E-state index in [1.54, 1.807) is 0 Å². The lowest BCUT2D eigenvalue weighted by atomic mass is 9.98. The van der Waals surface area contributed by atoms with Crippen molar-refractivity contribution in [1.29, 1.82) is 0 Å². The summed E-state index contributed by atoms with van der Waals surface area (Å²) in [5, 5.41) is 9.36. The van der Waals surface area contributed by atoms with E-state index in [2.05, 4.69) is 4.98 Å². The molecular formula is C13H17NO2. The molecule has 1 heterocycles. The molecule has 0 amide bonds. The van der Waals surface area contributed by atoms with E-state index in [0.29, 0.717) is 11.5 Å². The minimum Gasteiger partial charge on any atom is -0.478 e. The molecule has 2 aliphatic rings. The van der Waals surface area contributed by atoms with Crippen LogP contribution in [0.15, 0.2) is 0 Å². The van der Waals surface area contributed by atoms with Crippen LogP contribution >= 0.6 is 0 Å². The van der Waals surface area contributed by atoms with Crippen LogP contribution in [-0.2, 0) is 12.8 Å². The van der Waals surface area contributed by atoms with Gasteiger partial charge in [-0.3, -0.25) is 0 Å². The molecule has 2 aliphatic carbocycles. The van der Waals surface area contributed by atoms with Crippen molar-refractivity contribution in [2.45, 2.75) is 50.9 Å². The van der Waals surface area contributed by atoms with Crippen LogP contribution in [0, 0.1) is 0 Å². The first kappa shape index (κ1) is 9.94. The van der Waals surface area contributed by atoms with E-state index in [9.17, 15) is 9.90 Å². The highest BCUT2D eigenvalue weighted by molar-refractivity contribution is 5.92. The maximum Gasteiger partial charge on any atom is 0.337 e. The minimum atomic E-state index is -0.735. The Morgan fingerprint density at radius 2 is 1.94 bits per heavy atom. The SMILES string of the molecule is O=C(O)c1c(C2CCCC2)[nH]c2c1CCC2. The number of rotatable bonds is 2. The smallest absolute Gasteiger partial charge is 0.337 e. The van der Waals surface area contributed by atoms with Gasteiger partial charge in [0.15, 0.2) is 0 Å². The summed E-state index contributed by atoms with van der Waals surface area (Å²) in [5.41, 5.74) is 3.92. The summed E-state index contributed by atoms with van der Waals surface area (Å²) in [6.07, 6.45) is 7.87. The Bertz CT molecular complexity index is 427. The highest BCUT2D eigenvalue weighted by Crippen LogP contribution is 2.39. The summed E-state index contributed by atoms with van der Waals surface area (Å²) >= 11 is 0. The van der Waals surface area contributed by atoms with Gasteiger partial charge in [0.25, 0.3) is 0 Å². The Morgan fingerprint density at radius 3 is 2.62 bits per heavy atom. The molecular weight excluding hydrogens is 202 g/mol. The van der Waals surface area contributed by atoms with Crippen LogP contribution in [0.3, 0.4) is 0 Å². The number of nitrogens with one attached hydrogen (secondary N) is 1. The van der Waals surface area contributed by atoms with Crippen LogP contribution in [0.4, 0.5) is 0 Å². The first-order valence-electron chi connectivity index (χ1n) is 6.24. The Hall–Kier alpha value is -1.25. The van der Waals surface area contributed by atoms with Crippen molar-refractivity contribution < 1.29 is 9.90 Å². The van der Waals surface area contributed by atoms with Crippen LogP contribution in [-0.4, -0.2) is 16.1 Å². The summed E-state index contributed by atoms with van der Waals surface area (Å²) < 4.78 is 0. The predicted molar refractivity (Wildman–Crippen MR) is 61.0 cm³/mol. The number of carboxylic acid groups (broad SMARTS) is 1. The van der Waals surface area contributed by atoms with Crippen LogP contribution < -0.4 is 0 Å². The van der Waals surface area contributed by atoms with E-state index in [0.717, 1.165) is 43.4 Å². The second kappa shape index (κ2) is 3.65. The third kappa shape index (κ3) is 1.38. The topological polar surface area (TPSA) is 53.1 Å². The Morgan fingerprint density at radius 1 is 1.19 bits per heavy atom. The van der Waals surface area contributed by atoms with E-state index in [1.165, 1.54) is 18.5 Å². The van der Waals surface area contributed by atoms with Gasteiger partial charge >= 0.3 is 5.97 Å². The fourth-order valence-corrected chi connectivity index (χ4v) is 3.31. The summed E-state index contributed by atoms with van der Waals surface area (Å²) in [4.78, 5) is 14.8. The number of hydrogen-bond acceptors (Lipinski definition) is 1. The number of fused-ring (bicyclic) bond motifs is 1. The number of carbonyl (C=O) groups is 1. The fraction of sp³-hybridized carbons (Fsp3) is 0.615. The van der Waals surface area contributed by atoms with Gasteiger partial charge in [0.05, 0.1) is 5.56 Å². The monoisotopic (exact) mass is 219 g/mol. The van der Waals surface area contributed by atoms with Crippen LogP contribution in [0.25, 0.3) is 0 Å². The van der Waals surface area contributed by atoms with Crippen molar-refractivity contribution in [2.75, 3.05) is 0 Å². The van der Waals surface area contributed by atoms with Gasteiger partial charge in [-0.25, -0.2) is 4.79 Å². The highest BCUT2D eigenvalue weighted by atomic mass is 16.4. The van der Waals surface area contributed by atoms with Crippen molar-refractivity contribution in [2.24, 2.45) is 0 Å². The van der Waals surface area contributed by atoms with E-state index < -0.39 is 5.97 Å². The van der Waals surface area contributed by atoms with Gasteiger partial charge in [0, 0.05) is 11.4 Å². The molecule has 0 atom stereocenters. The minimum absolute atomic E-state index is 0.469. The molecule has 0 spiro atoms. The molecule has 2 N–H and O–H groups in total. The summed E-state index contributed by atoms with van der Waals surface area (Å²) in [6.45, 7) is 0. The number of aromatic nitrogens is 1. The lowest BCUT2D eigenvalue weighted by molar-refractivity contribution is 0.0694. The molecule has 1 saturated carbocycles. The number of aromatic amines is 1. The van der Waals surface area contributed by atoms with Crippen LogP contribution in [0.2, 0.25) is 0 Å². The van der Waals surface area contributed by atoms with Crippen molar-refractivity contribution in [3.05, 3.63) is 22.5 Å². The Balaban J connectivity index is 2.06. The molecule has 3 nitrogen and oxygen atoms in total. The number of aromatic carboxylic acids is 1. The molecule has 1 aromatic heterocycles. The average Bonchev–Trinajstić information content (AvgIpc) is 2.92. The summed E-state index contributed by atoms with van der Waals surface area (Å²) in [6, 6.07) is 0. The van der Waals surface area contributed by atoms with Crippen molar-refractivity contribution >= 4 is 5.97 Å². The molecule has 16 heavy (non-hydrogen) atoms. The Kier molecular flexibility index (Phi) is 2.27. The predicted octanol–water partition coefficient (Wildman–Crippen LogP) is 2.86. The third-order valence-electron chi connectivity index (χ3n) is 4.05. The molecule has 86 valence electrons. The second-order valence-corrected chi connectivity index (χ2v) is 5.01. The number of carboxylic acids is 1. The van der Waals surface area contributed by atoms with Crippen LogP contribution in [0.1, 0.15) is 65.3 Å². The number of hydrogen-bond donors (Lipinski definition) is 2. The maximum atomic E-state index is 11.4. The molecule has 0 aromatic carbocycles. The molecule has 0 unspecified atom stereocenters. The number of H-pyrrole nitrogens is 1. The van der Waals surface area contributed by atoms with E-state index in [4.69, 9.17) is 0 Å². The van der Waals surface area contributed by atoms with Crippen molar-refractivity contribution in [3.8, 4) is 0 Å². The van der Waals surface area contributed by atoms with Crippen LogP contribution in [0.5, 0.6) is 0 Å². The lowest BCUT2D eigenvalue weighted by Crippen LogP contribution is -2.06. The van der Waals surface area contributed by atoms with Crippen molar-refractivity contribution in [3.63, 3.8) is 0 Å². The lowest BCUT2D eigenvalue weighted by Gasteiger charge is -2.09. The standard InChI is InChI=1S/C13H17NO2/c15-13(16)11-9-6-3-7-10(9)14-12(11)8-4-1-2-5-8/h8,14H,1-7H2,(H,15,16). The molecule has 0 radical (unpaired) electrons. The molecule has 1 fully saturated rings. The van der Waals surface area contributed by atoms with Gasteiger partial charge in [-0.2, -0.15) is 0 Å². The molecule has 0 bridgehead atoms. The second-order valence-electron chi connectivity index (χ2n) is 5.01. The maximum absolute atomic E-state index is 11.4. The van der Waals surface area contributed by atoms with Gasteiger partial charge in [0.2, 0.25) is 0 Å². The van der Waals surface area contributed by atoms with Gasteiger partial charge in [0.1, 0.15) is 0 Å².